The Morgan fingerprint density at radius 3 is 2.64 bits per heavy atom. The van der Waals surface area contributed by atoms with Gasteiger partial charge in [-0.3, -0.25) is 0 Å². The molecule has 11 heavy (non-hydrogen) atoms. The molecule has 2 atom stereocenters. The summed E-state index contributed by atoms with van der Waals surface area (Å²) in [5, 5.41) is 9.21. The van der Waals surface area contributed by atoms with Crippen LogP contribution in [0.5, 0.6) is 0 Å². The van der Waals surface area contributed by atoms with Crippen LogP contribution >= 0.6 is 0 Å². The molecule has 0 aromatic heterocycles. The molecule has 0 aromatic rings. The summed E-state index contributed by atoms with van der Waals surface area (Å²) in [6.07, 6.45) is 0.596. The van der Waals surface area contributed by atoms with E-state index in [1.807, 2.05) is 0 Å². The van der Waals surface area contributed by atoms with Crippen molar-refractivity contribution in [2.45, 2.75) is 44.6 Å². The molecule has 1 aliphatic carbocycles. The number of hydrogen-bond acceptors (Lipinski definition) is 1. The van der Waals surface area contributed by atoms with E-state index in [4.69, 9.17) is 0 Å². The van der Waals surface area contributed by atoms with Crippen molar-refractivity contribution in [1.29, 1.82) is 0 Å². The highest BCUT2D eigenvalue weighted by atomic mass is 19.3. The minimum atomic E-state index is -2.62. The van der Waals surface area contributed by atoms with Gasteiger partial charge in [-0.15, -0.1) is 0 Å². The average Bonchev–Trinajstić information content (AvgIpc) is 2.28. The molecular formula is C8H14F2O. The van der Waals surface area contributed by atoms with Gasteiger partial charge in [0.15, 0.2) is 0 Å². The molecule has 66 valence electrons. The van der Waals surface area contributed by atoms with Crippen LogP contribution in [0.15, 0.2) is 0 Å². The molecule has 1 fully saturated rings. The Kier molecular flexibility index (Phi) is 2.47. The van der Waals surface area contributed by atoms with Gasteiger partial charge < -0.3 is 5.11 Å². The number of rotatable bonds is 2. The molecule has 0 heterocycles. The maximum absolute atomic E-state index is 12.9. The van der Waals surface area contributed by atoms with Gasteiger partial charge in [0.05, 0.1) is 6.10 Å². The first kappa shape index (κ1) is 8.91. The maximum atomic E-state index is 12.9. The van der Waals surface area contributed by atoms with Gasteiger partial charge in [0.1, 0.15) is 0 Å². The lowest BCUT2D eigenvalue weighted by Gasteiger charge is -2.22. The summed E-state index contributed by atoms with van der Waals surface area (Å²) in [5.74, 6) is -3.40. The molecule has 2 unspecified atom stereocenters. The molecule has 0 bridgehead atoms. The van der Waals surface area contributed by atoms with Gasteiger partial charge in [0, 0.05) is 12.3 Å². The van der Waals surface area contributed by atoms with E-state index in [-0.39, 0.29) is 6.42 Å². The molecule has 1 rings (SSSR count). The predicted molar refractivity (Wildman–Crippen MR) is 38.6 cm³/mol. The minimum absolute atomic E-state index is 0.0469. The summed E-state index contributed by atoms with van der Waals surface area (Å²) in [5.41, 5.74) is 0. The van der Waals surface area contributed by atoms with E-state index in [9.17, 15) is 13.9 Å². The van der Waals surface area contributed by atoms with Crippen molar-refractivity contribution in [3.63, 3.8) is 0 Å². The van der Waals surface area contributed by atoms with Crippen LogP contribution < -0.4 is 0 Å². The largest absolute Gasteiger partial charge is 0.393 e. The second-order valence-corrected chi connectivity index (χ2v) is 3.24. The van der Waals surface area contributed by atoms with E-state index < -0.39 is 17.9 Å². The quantitative estimate of drug-likeness (QED) is 0.663. The van der Waals surface area contributed by atoms with Crippen molar-refractivity contribution in [2.75, 3.05) is 0 Å². The molecule has 0 spiro atoms. The molecule has 1 N–H and O–H groups in total. The van der Waals surface area contributed by atoms with Gasteiger partial charge in [-0.1, -0.05) is 6.92 Å². The average molecular weight is 164 g/mol. The predicted octanol–water partition coefficient (Wildman–Crippen LogP) is 2.19. The number of aliphatic hydroxyl groups is 1. The highest BCUT2D eigenvalue weighted by Crippen LogP contribution is 2.42. The Morgan fingerprint density at radius 1 is 1.64 bits per heavy atom. The van der Waals surface area contributed by atoms with Gasteiger partial charge in [-0.05, 0) is 19.3 Å². The third-order valence-corrected chi connectivity index (χ3v) is 2.45. The van der Waals surface area contributed by atoms with Crippen LogP contribution in [0.2, 0.25) is 0 Å². The topological polar surface area (TPSA) is 20.2 Å². The lowest BCUT2D eigenvalue weighted by molar-refractivity contribution is -0.0831. The SMILES string of the molecule is CCC(O)C1CCCC1(F)F. The molecule has 0 aromatic carbocycles. The Hall–Kier alpha value is -0.180. The molecule has 0 amide bonds. The summed E-state index contributed by atoms with van der Waals surface area (Å²) in [6, 6.07) is 0. The second-order valence-electron chi connectivity index (χ2n) is 3.24. The van der Waals surface area contributed by atoms with Crippen LogP contribution in [0.3, 0.4) is 0 Å². The summed E-state index contributed by atoms with van der Waals surface area (Å²) in [4.78, 5) is 0. The van der Waals surface area contributed by atoms with E-state index in [1.165, 1.54) is 0 Å². The first-order valence-corrected chi connectivity index (χ1v) is 4.14. The molecule has 1 aliphatic rings. The zero-order valence-electron chi connectivity index (χ0n) is 6.69. The van der Waals surface area contributed by atoms with Crippen LogP contribution in [0, 0.1) is 5.92 Å². The van der Waals surface area contributed by atoms with Crippen LogP contribution in [0.4, 0.5) is 8.78 Å². The van der Waals surface area contributed by atoms with Crippen molar-refractivity contribution in [3.8, 4) is 0 Å². The number of hydrogen-bond donors (Lipinski definition) is 1. The zero-order chi connectivity index (χ0) is 8.48. The van der Waals surface area contributed by atoms with Crippen molar-refractivity contribution >= 4 is 0 Å². The van der Waals surface area contributed by atoms with Gasteiger partial charge in [0.25, 0.3) is 5.92 Å². The van der Waals surface area contributed by atoms with Crippen molar-refractivity contribution < 1.29 is 13.9 Å². The minimum Gasteiger partial charge on any atom is -0.393 e. The number of alkyl halides is 2. The van der Waals surface area contributed by atoms with E-state index in [0.29, 0.717) is 19.3 Å². The molecule has 1 nitrogen and oxygen atoms in total. The van der Waals surface area contributed by atoms with E-state index in [2.05, 4.69) is 0 Å². The van der Waals surface area contributed by atoms with Crippen LogP contribution in [-0.4, -0.2) is 17.1 Å². The molecule has 1 saturated carbocycles. The van der Waals surface area contributed by atoms with E-state index in [0.717, 1.165) is 0 Å². The fraction of sp³-hybridized carbons (Fsp3) is 1.00. The van der Waals surface area contributed by atoms with E-state index in [1.54, 1.807) is 6.92 Å². The lowest BCUT2D eigenvalue weighted by Crippen LogP contribution is -2.32. The molecule has 0 aliphatic heterocycles. The normalized spacial score (nSPS) is 32.2. The highest BCUT2D eigenvalue weighted by molar-refractivity contribution is 4.87. The third kappa shape index (κ3) is 1.70. The van der Waals surface area contributed by atoms with Gasteiger partial charge in [-0.25, -0.2) is 8.78 Å². The number of halogens is 2. The highest BCUT2D eigenvalue weighted by Gasteiger charge is 2.46. The maximum Gasteiger partial charge on any atom is 0.253 e. The molecular weight excluding hydrogens is 150 g/mol. The molecule has 0 radical (unpaired) electrons. The zero-order valence-corrected chi connectivity index (χ0v) is 6.69. The first-order valence-electron chi connectivity index (χ1n) is 4.14. The van der Waals surface area contributed by atoms with Crippen molar-refractivity contribution in [2.24, 2.45) is 5.92 Å². The summed E-state index contributed by atoms with van der Waals surface area (Å²) >= 11 is 0. The second kappa shape index (κ2) is 3.05. The Labute approximate surface area is 65.4 Å². The molecule has 0 saturated heterocycles. The Bertz CT molecular complexity index is 136. The van der Waals surface area contributed by atoms with Crippen LogP contribution in [0.1, 0.15) is 32.6 Å². The summed E-state index contributed by atoms with van der Waals surface area (Å²) < 4.78 is 25.8. The van der Waals surface area contributed by atoms with Crippen LogP contribution in [0.25, 0.3) is 0 Å². The van der Waals surface area contributed by atoms with Crippen molar-refractivity contribution in [1.82, 2.24) is 0 Å². The summed E-state index contributed by atoms with van der Waals surface area (Å²) in [6.45, 7) is 1.74. The molecule has 3 heteroatoms. The number of aliphatic hydroxyl groups excluding tert-OH is 1. The monoisotopic (exact) mass is 164 g/mol. The first-order chi connectivity index (χ1) is 5.08. The summed E-state index contributed by atoms with van der Waals surface area (Å²) in [7, 11) is 0. The fourth-order valence-electron chi connectivity index (χ4n) is 1.71. The van der Waals surface area contributed by atoms with Crippen molar-refractivity contribution in [3.05, 3.63) is 0 Å². The van der Waals surface area contributed by atoms with E-state index >= 15 is 0 Å². The van der Waals surface area contributed by atoms with Gasteiger partial charge in [-0.2, -0.15) is 0 Å². The standard InChI is InChI=1S/C8H14F2O/c1-2-7(11)6-4-3-5-8(6,9)10/h6-7,11H,2-5H2,1H3. The Morgan fingerprint density at radius 2 is 2.27 bits per heavy atom. The lowest BCUT2D eigenvalue weighted by atomic mass is 9.96. The van der Waals surface area contributed by atoms with Crippen LogP contribution in [-0.2, 0) is 0 Å². The van der Waals surface area contributed by atoms with Gasteiger partial charge in [0.2, 0.25) is 0 Å². The third-order valence-electron chi connectivity index (χ3n) is 2.45. The van der Waals surface area contributed by atoms with Gasteiger partial charge >= 0.3 is 0 Å². The fourth-order valence-corrected chi connectivity index (χ4v) is 1.71. The Balaban J connectivity index is 2.57. The smallest absolute Gasteiger partial charge is 0.253 e.